The number of tetrazole rings is 1. The SMILES string of the molecule is O=S1(=O)CCCC(NCc2nn[nH]n2)C1. The van der Waals surface area contributed by atoms with Gasteiger partial charge in [0.15, 0.2) is 15.7 Å². The summed E-state index contributed by atoms with van der Waals surface area (Å²) in [6.45, 7) is 0.455. The lowest BCUT2D eigenvalue weighted by Crippen LogP contribution is -2.39. The molecule has 0 aliphatic carbocycles. The van der Waals surface area contributed by atoms with Crippen LogP contribution in [-0.4, -0.2) is 46.6 Å². The molecule has 2 rings (SSSR count). The molecule has 1 fully saturated rings. The summed E-state index contributed by atoms with van der Waals surface area (Å²) >= 11 is 0. The average Bonchev–Trinajstić information content (AvgIpc) is 2.65. The second-order valence-electron chi connectivity index (χ2n) is 3.66. The summed E-state index contributed by atoms with van der Waals surface area (Å²) < 4.78 is 22.7. The van der Waals surface area contributed by atoms with Crippen LogP contribution in [0.1, 0.15) is 18.7 Å². The molecule has 1 saturated heterocycles. The Morgan fingerprint density at radius 1 is 1.53 bits per heavy atom. The van der Waals surface area contributed by atoms with Crippen LogP contribution in [0.4, 0.5) is 0 Å². The summed E-state index contributed by atoms with van der Waals surface area (Å²) in [4.78, 5) is 0. The highest BCUT2D eigenvalue weighted by atomic mass is 32.2. The molecule has 1 aliphatic heterocycles. The van der Waals surface area contributed by atoms with Crippen molar-refractivity contribution in [1.29, 1.82) is 0 Å². The predicted molar refractivity (Wildman–Crippen MR) is 52.7 cm³/mol. The average molecular weight is 231 g/mol. The van der Waals surface area contributed by atoms with Gasteiger partial charge in [-0.1, -0.05) is 5.21 Å². The molecule has 0 bridgehead atoms. The summed E-state index contributed by atoms with van der Waals surface area (Å²) in [7, 11) is -2.85. The number of hydrogen-bond acceptors (Lipinski definition) is 6. The molecule has 2 N–H and O–H groups in total. The zero-order valence-electron chi connectivity index (χ0n) is 8.18. The maximum absolute atomic E-state index is 11.3. The molecule has 15 heavy (non-hydrogen) atoms. The van der Waals surface area contributed by atoms with Crippen molar-refractivity contribution in [3.05, 3.63) is 5.82 Å². The molecular formula is C7H13N5O2S. The van der Waals surface area contributed by atoms with Crippen LogP contribution in [-0.2, 0) is 16.4 Å². The molecule has 1 aromatic heterocycles. The van der Waals surface area contributed by atoms with E-state index < -0.39 is 9.84 Å². The van der Waals surface area contributed by atoms with E-state index in [0.717, 1.165) is 12.8 Å². The number of nitrogens with one attached hydrogen (secondary N) is 2. The largest absolute Gasteiger partial charge is 0.306 e. The second kappa shape index (κ2) is 4.23. The lowest BCUT2D eigenvalue weighted by molar-refractivity contribution is 0.474. The monoisotopic (exact) mass is 231 g/mol. The van der Waals surface area contributed by atoms with E-state index in [-0.39, 0.29) is 11.8 Å². The summed E-state index contributed by atoms with van der Waals surface area (Å²) in [6, 6.07) is 0.0160. The Kier molecular flexibility index (Phi) is 2.96. The number of nitrogens with zero attached hydrogens (tertiary/aromatic N) is 3. The number of H-pyrrole nitrogens is 1. The molecule has 1 aromatic rings. The zero-order chi connectivity index (χ0) is 10.7. The predicted octanol–water partition coefficient (Wildman–Crippen LogP) is -1.13. The Balaban J connectivity index is 1.85. The van der Waals surface area contributed by atoms with Crippen molar-refractivity contribution in [2.24, 2.45) is 0 Å². The van der Waals surface area contributed by atoms with Crippen molar-refractivity contribution in [3.8, 4) is 0 Å². The Morgan fingerprint density at radius 2 is 2.40 bits per heavy atom. The molecule has 0 amide bonds. The van der Waals surface area contributed by atoms with E-state index in [4.69, 9.17) is 0 Å². The fourth-order valence-electron chi connectivity index (χ4n) is 1.68. The van der Waals surface area contributed by atoms with E-state index in [2.05, 4.69) is 25.9 Å². The van der Waals surface area contributed by atoms with Gasteiger partial charge in [0.2, 0.25) is 0 Å². The first-order valence-electron chi connectivity index (χ1n) is 4.82. The molecule has 8 heteroatoms. The lowest BCUT2D eigenvalue weighted by Gasteiger charge is -2.22. The van der Waals surface area contributed by atoms with Gasteiger partial charge in [-0.25, -0.2) is 8.42 Å². The number of sulfone groups is 1. The number of hydrogen-bond donors (Lipinski definition) is 2. The number of aromatic amines is 1. The van der Waals surface area contributed by atoms with Gasteiger partial charge < -0.3 is 5.32 Å². The van der Waals surface area contributed by atoms with Crippen molar-refractivity contribution in [2.45, 2.75) is 25.4 Å². The van der Waals surface area contributed by atoms with Gasteiger partial charge in [0.1, 0.15) is 0 Å². The molecule has 1 unspecified atom stereocenters. The summed E-state index contributed by atoms with van der Waals surface area (Å²) in [5.41, 5.74) is 0. The van der Waals surface area contributed by atoms with E-state index in [1.807, 2.05) is 0 Å². The first kappa shape index (κ1) is 10.5. The van der Waals surface area contributed by atoms with Gasteiger partial charge in [-0.3, -0.25) is 0 Å². The first-order chi connectivity index (χ1) is 7.16. The Morgan fingerprint density at radius 3 is 3.07 bits per heavy atom. The van der Waals surface area contributed by atoms with Crippen LogP contribution in [0.2, 0.25) is 0 Å². The molecule has 0 spiro atoms. The van der Waals surface area contributed by atoms with Crippen molar-refractivity contribution < 1.29 is 8.42 Å². The minimum Gasteiger partial charge on any atom is -0.306 e. The zero-order valence-corrected chi connectivity index (χ0v) is 9.00. The van der Waals surface area contributed by atoms with Crippen LogP contribution in [0.15, 0.2) is 0 Å². The van der Waals surface area contributed by atoms with Gasteiger partial charge in [0.05, 0.1) is 18.1 Å². The van der Waals surface area contributed by atoms with Crippen LogP contribution >= 0.6 is 0 Å². The second-order valence-corrected chi connectivity index (χ2v) is 5.89. The quantitative estimate of drug-likeness (QED) is 0.682. The normalized spacial score (nSPS) is 25.2. The van der Waals surface area contributed by atoms with E-state index in [1.54, 1.807) is 0 Å². The van der Waals surface area contributed by atoms with Gasteiger partial charge in [0, 0.05) is 6.04 Å². The van der Waals surface area contributed by atoms with Crippen molar-refractivity contribution in [1.82, 2.24) is 25.9 Å². The molecule has 2 heterocycles. The Hall–Kier alpha value is -1.02. The highest BCUT2D eigenvalue weighted by Gasteiger charge is 2.24. The smallest absolute Gasteiger partial charge is 0.188 e. The number of aromatic nitrogens is 4. The van der Waals surface area contributed by atoms with E-state index in [9.17, 15) is 8.42 Å². The fourth-order valence-corrected chi connectivity index (χ4v) is 3.35. The fraction of sp³-hybridized carbons (Fsp3) is 0.857. The van der Waals surface area contributed by atoms with Crippen LogP contribution in [0, 0.1) is 0 Å². The van der Waals surface area contributed by atoms with Crippen molar-refractivity contribution in [3.63, 3.8) is 0 Å². The highest BCUT2D eigenvalue weighted by molar-refractivity contribution is 7.91. The summed E-state index contributed by atoms with van der Waals surface area (Å²) in [5, 5.41) is 16.4. The third-order valence-electron chi connectivity index (χ3n) is 2.40. The van der Waals surface area contributed by atoms with Gasteiger partial charge in [-0.2, -0.15) is 5.21 Å². The lowest BCUT2D eigenvalue weighted by atomic mass is 10.2. The third-order valence-corrected chi connectivity index (χ3v) is 4.22. The van der Waals surface area contributed by atoms with Crippen molar-refractivity contribution >= 4 is 9.84 Å². The van der Waals surface area contributed by atoms with E-state index in [1.165, 1.54) is 0 Å². The van der Waals surface area contributed by atoms with Gasteiger partial charge in [0.25, 0.3) is 0 Å². The maximum Gasteiger partial charge on any atom is 0.188 e. The Bertz CT molecular complexity index is 401. The van der Waals surface area contributed by atoms with Crippen LogP contribution < -0.4 is 5.32 Å². The number of rotatable bonds is 3. The van der Waals surface area contributed by atoms with Crippen molar-refractivity contribution in [2.75, 3.05) is 11.5 Å². The van der Waals surface area contributed by atoms with Gasteiger partial charge in [-0.15, -0.1) is 10.2 Å². The minimum atomic E-state index is -2.85. The third kappa shape index (κ3) is 2.96. The topological polar surface area (TPSA) is 101 Å². The molecule has 1 aliphatic rings. The molecule has 1 atom stereocenters. The van der Waals surface area contributed by atoms with Crippen LogP contribution in [0.3, 0.4) is 0 Å². The van der Waals surface area contributed by atoms with Crippen LogP contribution in [0.5, 0.6) is 0 Å². The molecular weight excluding hydrogens is 218 g/mol. The molecule has 0 aromatic carbocycles. The van der Waals surface area contributed by atoms with Crippen LogP contribution in [0.25, 0.3) is 0 Å². The van der Waals surface area contributed by atoms with E-state index in [0.29, 0.717) is 18.1 Å². The van der Waals surface area contributed by atoms with E-state index >= 15 is 0 Å². The Labute approximate surface area is 87.6 Å². The molecule has 0 saturated carbocycles. The molecule has 84 valence electrons. The first-order valence-corrected chi connectivity index (χ1v) is 6.64. The van der Waals surface area contributed by atoms with Gasteiger partial charge >= 0.3 is 0 Å². The standard InChI is InChI=1S/C7H13N5O2S/c13-15(14)3-1-2-6(5-15)8-4-7-9-11-12-10-7/h6,8H,1-5H2,(H,9,10,11,12). The summed E-state index contributed by atoms with van der Waals surface area (Å²) in [5.74, 6) is 1.08. The molecule has 7 nitrogen and oxygen atoms in total. The summed E-state index contributed by atoms with van der Waals surface area (Å²) in [6.07, 6.45) is 1.61. The maximum atomic E-state index is 11.3. The van der Waals surface area contributed by atoms with Gasteiger partial charge in [-0.05, 0) is 12.8 Å². The highest BCUT2D eigenvalue weighted by Crippen LogP contribution is 2.11. The minimum absolute atomic E-state index is 0.0160. The molecule has 0 radical (unpaired) electrons.